The number of amides is 1. The van der Waals surface area contributed by atoms with Crippen LogP contribution >= 0.6 is 0 Å². The quantitative estimate of drug-likeness (QED) is 0.848. The lowest BCUT2D eigenvalue weighted by Gasteiger charge is -2.32. The molecule has 0 aromatic heterocycles. The Labute approximate surface area is 140 Å². The van der Waals surface area contributed by atoms with E-state index in [2.05, 4.69) is 39.0 Å². The number of hydrogen-bond donors (Lipinski definition) is 0. The zero-order valence-electron chi connectivity index (χ0n) is 14.4. The summed E-state index contributed by atoms with van der Waals surface area (Å²) in [5.41, 5.74) is 1.23. The minimum Gasteiger partial charge on any atom is -0.340 e. The van der Waals surface area contributed by atoms with E-state index in [-0.39, 0.29) is 6.04 Å². The van der Waals surface area contributed by atoms with Crippen LogP contribution < -0.4 is 0 Å². The van der Waals surface area contributed by atoms with E-state index < -0.39 is 0 Å². The molecule has 3 rings (SSSR count). The smallest absolute Gasteiger partial charge is 0.240 e. The molecule has 0 aliphatic carbocycles. The van der Waals surface area contributed by atoms with E-state index in [1.807, 2.05) is 20.2 Å². The molecule has 126 valence electrons. The van der Waals surface area contributed by atoms with E-state index in [1.165, 1.54) is 24.9 Å². The highest BCUT2D eigenvalue weighted by Gasteiger charge is 2.33. The van der Waals surface area contributed by atoms with E-state index >= 15 is 0 Å². The summed E-state index contributed by atoms with van der Waals surface area (Å²) in [4.78, 5) is 19.9. The van der Waals surface area contributed by atoms with Gasteiger partial charge in [-0.2, -0.15) is 0 Å². The summed E-state index contributed by atoms with van der Waals surface area (Å²) in [6, 6.07) is 10.9. The molecule has 2 saturated heterocycles. The van der Waals surface area contributed by atoms with Crippen LogP contribution in [-0.4, -0.2) is 73.0 Å². The fourth-order valence-electron chi connectivity index (χ4n) is 3.95. The van der Waals surface area contributed by atoms with Crippen molar-refractivity contribution < 1.29 is 4.79 Å². The summed E-state index contributed by atoms with van der Waals surface area (Å²) >= 11 is 0. The fourth-order valence-corrected chi connectivity index (χ4v) is 3.95. The molecule has 0 radical (unpaired) electrons. The first-order chi connectivity index (χ1) is 11.1. The molecule has 0 N–H and O–H groups in total. The third kappa shape index (κ3) is 3.93. The standard InChI is InChI=1S/C19H29N3O/c1-20(2)18(14-16-8-4-3-5-9-16)19(23)22-13-7-12-21-11-6-10-17(21)15-22/h3-5,8-9,17-18H,6-7,10-15H2,1-2H3/t17-,18-/m0/s1. The number of carbonyl (C=O) groups excluding carboxylic acids is 1. The van der Waals surface area contributed by atoms with Crippen molar-refractivity contribution in [2.24, 2.45) is 0 Å². The van der Waals surface area contributed by atoms with Crippen LogP contribution in [0.4, 0.5) is 0 Å². The summed E-state index contributed by atoms with van der Waals surface area (Å²) in [6.45, 7) is 4.19. The van der Waals surface area contributed by atoms with Gasteiger partial charge in [-0.05, 0) is 51.9 Å². The van der Waals surface area contributed by atoms with Crippen molar-refractivity contribution >= 4 is 5.91 Å². The molecule has 4 heteroatoms. The molecular weight excluding hydrogens is 286 g/mol. The number of likely N-dealkylation sites (N-methyl/N-ethyl adjacent to an activating group) is 1. The molecule has 0 unspecified atom stereocenters. The molecule has 0 bridgehead atoms. The Bertz CT molecular complexity index is 517. The Hall–Kier alpha value is -1.39. The second-order valence-electron chi connectivity index (χ2n) is 7.14. The van der Waals surface area contributed by atoms with Gasteiger partial charge in [-0.1, -0.05) is 30.3 Å². The largest absolute Gasteiger partial charge is 0.340 e. The summed E-state index contributed by atoms with van der Waals surface area (Å²) in [6.07, 6.45) is 4.42. The van der Waals surface area contributed by atoms with Gasteiger partial charge in [0.05, 0.1) is 6.04 Å². The first-order valence-corrected chi connectivity index (χ1v) is 8.88. The van der Waals surface area contributed by atoms with Crippen molar-refractivity contribution in [2.75, 3.05) is 40.3 Å². The Morgan fingerprint density at radius 1 is 1.17 bits per heavy atom. The van der Waals surface area contributed by atoms with Crippen LogP contribution in [0, 0.1) is 0 Å². The lowest BCUT2D eigenvalue weighted by Crippen LogP contribution is -2.49. The molecular formula is C19H29N3O. The Kier molecular flexibility index (Phi) is 5.34. The number of carbonyl (C=O) groups is 1. The van der Waals surface area contributed by atoms with Crippen LogP contribution in [0.15, 0.2) is 30.3 Å². The van der Waals surface area contributed by atoms with Crippen LogP contribution in [0.25, 0.3) is 0 Å². The van der Waals surface area contributed by atoms with Gasteiger partial charge in [-0.25, -0.2) is 0 Å². The van der Waals surface area contributed by atoms with Gasteiger partial charge in [-0.15, -0.1) is 0 Å². The van der Waals surface area contributed by atoms with Crippen molar-refractivity contribution in [1.82, 2.24) is 14.7 Å². The minimum absolute atomic E-state index is 0.0645. The minimum atomic E-state index is -0.0645. The second kappa shape index (κ2) is 7.45. The van der Waals surface area contributed by atoms with E-state index in [1.54, 1.807) is 0 Å². The highest BCUT2D eigenvalue weighted by atomic mass is 16.2. The Morgan fingerprint density at radius 3 is 2.65 bits per heavy atom. The van der Waals surface area contributed by atoms with E-state index in [9.17, 15) is 4.79 Å². The zero-order valence-corrected chi connectivity index (χ0v) is 14.4. The average Bonchev–Trinajstić information content (AvgIpc) is 2.89. The molecule has 1 amide bonds. The average molecular weight is 315 g/mol. The number of hydrogen-bond acceptors (Lipinski definition) is 3. The second-order valence-corrected chi connectivity index (χ2v) is 7.14. The maximum atomic E-state index is 13.2. The number of rotatable bonds is 4. The maximum absolute atomic E-state index is 13.2. The van der Waals surface area contributed by atoms with Crippen molar-refractivity contribution in [1.29, 1.82) is 0 Å². The van der Waals surface area contributed by atoms with E-state index in [0.717, 1.165) is 32.5 Å². The monoisotopic (exact) mass is 315 g/mol. The summed E-state index contributed by atoms with van der Waals surface area (Å²) < 4.78 is 0. The normalized spacial score (nSPS) is 23.6. The maximum Gasteiger partial charge on any atom is 0.240 e. The molecule has 1 aromatic rings. The third-order valence-corrected chi connectivity index (χ3v) is 5.30. The van der Waals surface area contributed by atoms with Crippen LogP contribution in [0.5, 0.6) is 0 Å². The third-order valence-electron chi connectivity index (χ3n) is 5.30. The zero-order chi connectivity index (χ0) is 16.2. The predicted octanol–water partition coefficient (Wildman–Crippen LogP) is 1.86. The molecule has 2 atom stereocenters. The van der Waals surface area contributed by atoms with Gasteiger partial charge in [0.15, 0.2) is 0 Å². The SMILES string of the molecule is CN(C)[C@@H](Cc1ccccc1)C(=O)N1CCCN2CCC[C@H]2C1. The van der Waals surface area contributed by atoms with Crippen LogP contribution in [0.2, 0.25) is 0 Å². The summed E-state index contributed by atoms with van der Waals surface area (Å²) in [7, 11) is 4.04. The summed E-state index contributed by atoms with van der Waals surface area (Å²) in [5.74, 6) is 0.299. The molecule has 23 heavy (non-hydrogen) atoms. The van der Waals surface area contributed by atoms with E-state index in [4.69, 9.17) is 0 Å². The fraction of sp³-hybridized carbons (Fsp3) is 0.632. The van der Waals surface area contributed by atoms with Gasteiger partial charge in [0, 0.05) is 25.7 Å². The van der Waals surface area contributed by atoms with Gasteiger partial charge in [0.1, 0.15) is 0 Å². The molecule has 2 heterocycles. The lowest BCUT2D eigenvalue weighted by molar-refractivity contribution is -0.136. The van der Waals surface area contributed by atoms with Gasteiger partial charge < -0.3 is 4.90 Å². The van der Waals surface area contributed by atoms with Crippen LogP contribution in [0.1, 0.15) is 24.8 Å². The molecule has 2 fully saturated rings. The molecule has 0 saturated carbocycles. The predicted molar refractivity (Wildman–Crippen MR) is 93.4 cm³/mol. The van der Waals surface area contributed by atoms with Crippen molar-refractivity contribution in [3.8, 4) is 0 Å². The molecule has 2 aliphatic heterocycles. The number of nitrogens with zero attached hydrogens (tertiary/aromatic N) is 3. The van der Waals surface area contributed by atoms with Crippen LogP contribution in [-0.2, 0) is 11.2 Å². The first-order valence-electron chi connectivity index (χ1n) is 8.88. The van der Waals surface area contributed by atoms with Gasteiger partial charge in [0.2, 0.25) is 5.91 Å². The Balaban J connectivity index is 1.70. The number of benzene rings is 1. The van der Waals surface area contributed by atoms with Gasteiger partial charge >= 0.3 is 0 Å². The Morgan fingerprint density at radius 2 is 1.91 bits per heavy atom. The van der Waals surface area contributed by atoms with Crippen molar-refractivity contribution in [3.63, 3.8) is 0 Å². The molecule has 1 aromatic carbocycles. The number of fused-ring (bicyclic) bond motifs is 1. The van der Waals surface area contributed by atoms with Crippen molar-refractivity contribution in [2.45, 2.75) is 37.8 Å². The van der Waals surface area contributed by atoms with Crippen LogP contribution in [0.3, 0.4) is 0 Å². The molecule has 0 spiro atoms. The first kappa shape index (κ1) is 16.5. The van der Waals surface area contributed by atoms with Gasteiger partial charge in [-0.3, -0.25) is 14.6 Å². The molecule has 4 nitrogen and oxygen atoms in total. The highest BCUT2D eigenvalue weighted by Crippen LogP contribution is 2.22. The lowest BCUT2D eigenvalue weighted by atomic mass is 10.0. The van der Waals surface area contributed by atoms with E-state index in [0.29, 0.717) is 11.9 Å². The molecule has 2 aliphatic rings. The topological polar surface area (TPSA) is 26.8 Å². The van der Waals surface area contributed by atoms with Gasteiger partial charge in [0.25, 0.3) is 0 Å². The highest BCUT2D eigenvalue weighted by molar-refractivity contribution is 5.82. The summed E-state index contributed by atoms with van der Waals surface area (Å²) in [5, 5.41) is 0. The van der Waals surface area contributed by atoms with Crippen molar-refractivity contribution in [3.05, 3.63) is 35.9 Å².